The molecule has 0 amide bonds. The molecule has 4 nitrogen and oxygen atoms in total. The molecule has 0 unspecified atom stereocenters. The number of ether oxygens (including phenoxy) is 1. The third-order valence-electron chi connectivity index (χ3n) is 5.98. The zero-order valence-electron chi connectivity index (χ0n) is 19.0. The summed E-state index contributed by atoms with van der Waals surface area (Å²) < 4.78 is 5.13. The average Bonchev–Trinajstić information content (AvgIpc) is 3.02. The van der Waals surface area contributed by atoms with Gasteiger partial charge in [0.25, 0.3) is 0 Å². The van der Waals surface area contributed by atoms with Gasteiger partial charge in [-0.3, -0.25) is 9.59 Å². The molecule has 3 atom stereocenters. The van der Waals surface area contributed by atoms with Crippen molar-refractivity contribution < 1.29 is 19.4 Å². The summed E-state index contributed by atoms with van der Waals surface area (Å²) in [6, 6.07) is 0. The number of unbranched alkanes of at least 4 members (excludes halogenated alkanes) is 5. The molecule has 1 aliphatic carbocycles. The topological polar surface area (TPSA) is 63.6 Å². The van der Waals surface area contributed by atoms with Crippen molar-refractivity contribution in [1.29, 1.82) is 0 Å². The first-order chi connectivity index (χ1) is 13.9. The van der Waals surface area contributed by atoms with E-state index in [1.807, 2.05) is 13.8 Å². The number of carbonyl (C=O) groups excluding carboxylic acids is 2. The first kappa shape index (κ1) is 25.9. The fourth-order valence-corrected chi connectivity index (χ4v) is 4.29. The molecule has 168 valence electrons. The Morgan fingerprint density at radius 3 is 2.48 bits per heavy atom. The molecule has 0 bridgehead atoms. The number of aliphatic hydroxyl groups is 1. The van der Waals surface area contributed by atoms with Crippen LogP contribution in [0.1, 0.15) is 111 Å². The SMILES string of the molecule is CCCCCCCC(=O)CC[C@H]1CC[C@H](O)[C@@H]1C/C=C\CCCC(=O)OC(C)C. The van der Waals surface area contributed by atoms with E-state index in [1.54, 1.807) is 0 Å². The van der Waals surface area contributed by atoms with E-state index in [2.05, 4.69) is 19.1 Å². The molecule has 1 fully saturated rings. The number of rotatable bonds is 16. The molecule has 0 radical (unpaired) electrons. The van der Waals surface area contributed by atoms with Gasteiger partial charge in [-0.1, -0.05) is 44.8 Å². The van der Waals surface area contributed by atoms with Crippen LogP contribution in [-0.4, -0.2) is 29.1 Å². The highest BCUT2D eigenvalue weighted by Gasteiger charge is 2.33. The summed E-state index contributed by atoms with van der Waals surface area (Å²) in [6.45, 7) is 5.93. The Balaban J connectivity index is 2.21. The Morgan fingerprint density at radius 2 is 1.76 bits per heavy atom. The summed E-state index contributed by atoms with van der Waals surface area (Å²) in [7, 11) is 0. The van der Waals surface area contributed by atoms with Gasteiger partial charge in [0.05, 0.1) is 12.2 Å². The van der Waals surface area contributed by atoms with Crippen LogP contribution in [0.2, 0.25) is 0 Å². The molecule has 29 heavy (non-hydrogen) atoms. The van der Waals surface area contributed by atoms with Gasteiger partial charge in [-0.05, 0) is 70.6 Å². The second kappa shape index (κ2) is 15.6. The van der Waals surface area contributed by atoms with Crippen LogP contribution in [0.15, 0.2) is 12.2 Å². The van der Waals surface area contributed by atoms with E-state index in [4.69, 9.17) is 4.74 Å². The lowest BCUT2D eigenvalue weighted by molar-refractivity contribution is -0.147. The van der Waals surface area contributed by atoms with Crippen molar-refractivity contribution >= 4 is 11.8 Å². The molecule has 0 aromatic heterocycles. The van der Waals surface area contributed by atoms with Gasteiger partial charge < -0.3 is 9.84 Å². The van der Waals surface area contributed by atoms with Crippen molar-refractivity contribution in [2.75, 3.05) is 0 Å². The smallest absolute Gasteiger partial charge is 0.306 e. The quantitative estimate of drug-likeness (QED) is 0.189. The molecule has 1 saturated carbocycles. The van der Waals surface area contributed by atoms with Crippen LogP contribution in [0.5, 0.6) is 0 Å². The van der Waals surface area contributed by atoms with Crippen LogP contribution in [0.3, 0.4) is 0 Å². The number of esters is 1. The van der Waals surface area contributed by atoms with Crippen molar-refractivity contribution in [3.05, 3.63) is 12.2 Å². The number of hydrogen-bond donors (Lipinski definition) is 1. The second-order valence-electron chi connectivity index (χ2n) is 8.95. The summed E-state index contributed by atoms with van der Waals surface area (Å²) in [4.78, 5) is 23.7. The van der Waals surface area contributed by atoms with Gasteiger partial charge in [0.2, 0.25) is 0 Å². The molecule has 0 aromatic carbocycles. The molecule has 0 aliphatic heterocycles. The van der Waals surface area contributed by atoms with Gasteiger partial charge in [0, 0.05) is 19.3 Å². The first-order valence-electron chi connectivity index (χ1n) is 12.0. The van der Waals surface area contributed by atoms with Crippen molar-refractivity contribution in [3.8, 4) is 0 Å². The van der Waals surface area contributed by atoms with Gasteiger partial charge in [0.15, 0.2) is 0 Å². The molecule has 0 heterocycles. The van der Waals surface area contributed by atoms with Crippen LogP contribution >= 0.6 is 0 Å². The Hall–Kier alpha value is -1.16. The lowest BCUT2D eigenvalue weighted by Gasteiger charge is -2.20. The molecule has 1 aliphatic rings. The van der Waals surface area contributed by atoms with Crippen LogP contribution in [-0.2, 0) is 14.3 Å². The van der Waals surface area contributed by atoms with Crippen molar-refractivity contribution in [2.45, 2.75) is 123 Å². The minimum absolute atomic E-state index is 0.0493. The Bertz CT molecular complexity index is 483. The molecule has 1 N–H and O–H groups in total. The summed E-state index contributed by atoms with van der Waals surface area (Å²) in [5.41, 5.74) is 0. The summed E-state index contributed by atoms with van der Waals surface area (Å²) >= 11 is 0. The van der Waals surface area contributed by atoms with Crippen LogP contribution < -0.4 is 0 Å². The maximum atomic E-state index is 12.2. The Labute approximate surface area is 178 Å². The van der Waals surface area contributed by atoms with E-state index in [1.165, 1.54) is 25.7 Å². The zero-order valence-corrected chi connectivity index (χ0v) is 19.0. The minimum atomic E-state index is -0.241. The predicted octanol–water partition coefficient (Wildman–Crippen LogP) is 6.15. The number of allylic oxidation sites excluding steroid dienone is 2. The van der Waals surface area contributed by atoms with E-state index in [0.29, 0.717) is 24.5 Å². The fourth-order valence-electron chi connectivity index (χ4n) is 4.29. The summed E-state index contributed by atoms with van der Waals surface area (Å²) in [6.07, 6.45) is 17.1. The Kier molecular flexibility index (Phi) is 14.0. The van der Waals surface area contributed by atoms with Crippen LogP contribution in [0.4, 0.5) is 0 Å². The number of aliphatic hydroxyl groups excluding tert-OH is 1. The predicted molar refractivity (Wildman–Crippen MR) is 119 cm³/mol. The van der Waals surface area contributed by atoms with Crippen molar-refractivity contribution in [3.63, 3.8) is 0 Å². The lowest BCUT2D eigenvalue weighted by atomic mass is 9.87. The molecule has 4 heteroatoms. The maximum absolute atomic E-state index is 12.2. The Morgan fingerprint density at radius 1 is 1.00 bits per heavy atom. The number of carbonyl (C=O) groups is 2. The van der Waals surface area contributed by atoms with E-state index in [9.17, 15) is 14.7 Å². The van der Waals surface area contributed by atoms with Gasteiger partial charge in [-0.25, -0.2) is 0 Å². The largest absolute Gasteiger partial charge is 0.463 e. The van der Waals surface area contributed by atoms with Gasteiger partial charge in [0.1, 0.15) is 5.78 Å². The van der Waals surface area contributed by atoms with Crippen molar-refractivity contribution in [2.24, 2.45) is 11.8 Å². The van der Waals surface area contributed by atoms with Crippen molar-refractivity contribution in [1.82, 2.24) is 0 Å². The molecule has 0 saturated heterocycles. The summed E-state index contributed by atoms with van der Waals surface area (Å²) in [5.74, 6) is 0.995. The third-order valence-corrected chi connectivity index (χ3v) is 5.98. The van der Waals surface area contributed by atoms with E-state index >= 15 is 0 Å². The van der Waals surface area contributed by atoms with E-state index < -0.39 is 0 Å². The normalized spacial score (nSPS) is 21.9. The van der Waals surface area contributed by atoms with Gasteiger partial charge in [-0.15, -0.1) is 0 Å². The number of hydrogen-bond acceptors (Lipinski definition) is 4. The molecule has 0 aromatic rings. The standard InChI is InChI=1S/C25H44O4/c1-4-5-6-7-10-13-22(26)18-16-21-17-19-24(27)23(21)14-11-8-9-12-15-25(28)29-20(2)3/h8,11,20-21,23-24,27H,4-7,9-10,12-19H2,1-3H3/b11-8-/t21-,23+,24-/m0/s1. The van der Waals surface area contributed by atoms with Crippen LogP contribution in [0.25, 0.3) is 0 Å². The monoisotopic (exact) mass is 408 g/mol. The molecule has 0 spiro atoms. The van der Waals surface area contributed by atoms with Crippen LogP contribution in [0, 0.1) is 11.8 Å². The first-order valence-corrected chi connectivity index (χ1v) is 12.0. The lowest BCUT2D eigenvalue weighted by Crippen LogP contribution is -2.19. The highest BCUT2D eigenvalue weighted by molar-refractivity contribution is 5.78. The summed E-state index contributed by atoms with van der Waals surface area (Å²) in [5, 5.41) is 10.3. The third kappa shape index (κ3) is 12.2. The van der Waals surface area contributed by atoms with E-state index in [-0.39, 0.29) is 24.1 Å². The number of ketones is 1. The molecule has 1 rings (SSSR count). The maximum Gasteiger partial charge on any atom is 0.306 e. The van der Waals surface area contributed by atoms with Gasteiger partial charge >= 0.3 is 5.97 Å². The van der Waals surface area contributed by atoms with E-state index in [0.717, 1.165) is 51.4 Å². The molecular formula is C25H44O4. The highest BCUT2D eigenvalue weighted by Crippen LogP contribution is 2.37. The zero-order chi connectivity index (χ0) is 21.5. The highest BCUT2D eigenvalue weighted by atomic mass is 16.5. The fraction of sp³-hybridized carbons (Fsp3) is 0.840. The number of Topliss-reactive ketones (excluding diaryl/α,β-unsaturated/α-hetero) is 1. The molecular weight excluding hydrogens is 364 g/mol. The average molecular weight is 409 g/mol. The minimum Gasteiger partial charge on any atom is -0.463 e. The van der Waals surface area contributed by atoms with Gasteiger partial charge in [-0.2, -0.15) is 0 Å². The second-order valence-corrected chi connectivity index (χ2v) is 8.95.